The fourth-order valence-electron chi connectivity index (χ4n) is 3.14. The maximum atomic E-state index is 13.2. The van der Waals surface area contributed by atoms with Gasteiger partial charge in [0.15, 0.2) is 5.52 Å². The Bertz CT molecular complexity index is 1360. The number of aromatic amines is 1. The van der Waals surface area contributed by atoms with E-state index in [1.165, 1.54) is 11.6 Å². The quantitative estimate of drug-likeness (QED) is 0.546. The van der Waals surface area contributed by atoms with Gasteiger partial charge in [0, 0.05) is 18.0 Å². The zero-order chi connectivity index (χ0) is 20.5. The molecule has 29 heavy (non-hydrogen) atoms. The zero-order valence-electron chi connectivity index (χ0n) is 15.7. The number of nitrogens with one attached hydrogen (secondary N) is 2. The first-order valence-corrected chi connectivity index (χ1v) is 8.80. The van der Waals surface area contributed by atoms with E-state index >= 15 is 0 Å². The van der Waals surface area contributed by atoms with Gasteiger partial charge in [-0.1, -0.05) is 17.3 Å². The number of aromatic nitrogens is 4. The van der Waals surface area contributed by atoms with Crippen LogP contribution in [0.1, 0.15) is 12.5 Å². The number of carbonyl (C=O) groups is 1. The summed E-state index contributed by atoms with van der Waals surface area (Å²) in [5.74, 6) is 0.460. The van der Waals surface area contributed by atoms with E-state index in [0.29, 0.717) is 22.3 Å². The van der Waals surface area contributed by atoms with Crippen LogP contribution in [-0.4, -0.2) is 33.0 Å². The highest BCUT2D eigenvalue weighted by molar-refractivity contribution is 5.93. The molecule has 1 amide bonds. The van der Waals surface area contributed by atoms with Gasteiger partial charge in [0.05, 0.1) is 19.2 Å². The minimum Gasteiger partial charge on any atom is -0.497 e. The first kappa shape index (κ1) is 18.4. The molecule has 0 aliphatic rings. The number of fused-ring (bicyclic) bond motifs is 2. The van der Waals surface area contributed by atoms with Crippen LogP contribution in [0.3, 0.4) is 0 Å². The predicted molar refractivity (Wildman–Crippen MR) is 108 cm³/mol. The monoisotopic (exact) mass is 391 g/mol. The first-order chi connectivity index (χ1) is 14.0. The smallest absolute Gasteiger partial charge is 0.278 e. The number of anilines is 1. The van der Waals surface area contributed by atoms with Crippen molar-refractivity contribution in [2.75, 3.05) is 12.4 Å². The van der Waals surface area contributed by atoms with Crippen molar-refractivity contribution in [1.82, 2.24) is 20.0 Å². The fraction of sp³-hybridized carbons (Fsp3) is 0.150. The van der Waals surface area contributed by atoms with Crippen LogP contribution in [0.4, 0.5) is 5.69 Å². The van der Waals surface area contributed by atoms with Gasteiger partial charge in [0.25, 0.3) is 5.56 Å². The van der Waals surface area contributed by atoms with Crippen LogP contribution in [0.25, 0.3) is 21.9 Å². The number of ether oxygens (including phenoxy) is 1. The van der Waals surface area contributed by atoms with Crippen molar-refractivity contribution in [1.29, 1.82) is 0 Å². The molecule has 4 aromatic rings. The summed E-state index contributed by atoms with van der Waals surface area (Å²) in [5, 5.41) is 10.8. The van der Waals surface area contributed by atoms with Crippen molar-refractivity contribution in [3.63, 3.8) is 0 Å². The highest BCUT2D eigenvalue weighted by Crippen LogP contribution is 2.16. The molecule has 9 heteroatoms. The summed E-state index contributed by atoms with van der Waals surface area (Å²) in [6.45, 7) is 1.65. The number of carbonyl (C=O) groups excluding carboxylic acids is 1. The molecule has 0 radical (unpaired) electrons. The molecule has 2 N–H and O–H groups in total. The Labute approximate surface area is 163 Å². The Morgan fingerprint density at radius 2 is 1.93 bits per heavy atom. The maximum absolute atomic E-state index is 13.2. The molecule has 4 rings (SSSR count). The summed E-state index contributed by atoms with van der Waals surface area (Å²) in [5.41, 5.74) is 0.819. The third kappa shape index (κ3) is 3.45. The van der Waals surface area contributed by atoms with E-state index in [9.17, 15) is 14.4 Å². The van der Waals surface area contributed by atoms with Crippen LogP contribution in [0.5, 0.6) is 5.75 Å². The van der Waals surface area contributed by atoms with Crippen LogP contribution < -0.4 is 21.0 Å². The lowest BCUT2D eigenvalue weighted by Crippen LogP contribution is -2.10. The average molecular weight is 391 g/mol. The van der Waals surface area contributed by atoms with E-state index in [1.54, 1.807) is 37.4 Å². The van der Waals surface area contributed by atoms with Gasteiger partial charge in [0.2, 0.25) is 11.3 Å². The lowest BCUT2D eigenvalue weighted by molar-refractivity contribution is -0.114. The summed E-state index contributed by atoms with van der Waals surface area (Å²) >= 11 is 0. The highest BCUT2D eigenvalue weighted by Gasteiger charge is 2.14. The molecule has 2 aromatic heterocycles. The van der Waals surface area contributed by atoms with Gasteiger partial charge in [-0.25, -0.2) is 4.68 Å². The number of benzene rings is 2. The predicted octanol–water partition coefficient (Wildman–Crippen LogP) is 1.65. The van der Waals surface area contributed by atoms with E-state index < -0.39 is 5.56 Å². The van der Waals surface area contributed by atoms with Crippen LogP contribution in [-0.2, 0) is 11.3 Å². The van der Waals surface area contributed by atoms with Crippen LogP contribution in [0, 0.1) is 0 Å². The second kappa shape index (κ2) is 7.19. The standard InChI is InChI=1S/C20H17N5O4/c1-11(26)21-13-5-8-15-16(9-13)22-20(28)17-18(19(15)27)25(24-23-17)10-12-3-6-14(29-2)7-4-12/h3-9H,10H2,1-2H3,(H,21,26)(H,22,28). The molecule has 2 heterocycles. The molecule has 146 valence electrons. The normalized spacial score (nSPS) is 11.0. The fourth-order valence-corrected chi connectivity index (χ4v) is 3.14. The van der Waals surface area contributed by atoms with Crippen molar-refractivity contribution >= 4 is 33.5 Å². The molecule has 0 atom stereocenters. The largest absolute Gasteiger partial charge is 0.497 e. The molecule has 0 aliphatic carbocycles. The molecular weight excluding hydrogens is 374 g/mol. The molecule has 0 saturated heterocycles. The van der Waals surface area contributed by atoms with Gasteiger partial charge in [0.1, 0.15) is 11.3 Å². The Morgan fingerprint density at radius 3 is 2.62 bits per heavy atom. The van der Waals surface area contributed by atoms with Crippen molar-refractivity contribution in [2.45, 2.75) is 13.5 Å². The first-order valence-electron chi connectivity index (χ1n) is 8.80. The molecule has 0 unspecified atom stereocenters. The number of methoxy groups -OCH3 is 1. The van der Waals surface area contributed by atoms with Gasteiger partial charge in [-0.15, -0.1) is 5.10 Å². The van der Waals surface area contributed by atoms with Crippen LogP contribution >= 0.6 is 0 Å². The SMILES string of the molecule is COc1ccc(Cn2nnc3c(=O)[nH]c4cc(NC(C)=O)ccc4c(=O)c32)cc1. The highest BCUT2D eigenvalue weighted by atomic mass is 16.5. The van der Waals surface area contributed by atoms with Gasteiger partial charge >= 0.3 is 0 Å². The summed E-state index contributed by atoms with van der Waals surface area (Å²) in [4.78, 5) is 39.7. The number of H-pyrrole nitrogens is 1. The topological polar surface area (TPSA) is 119 Å². The summed E-state index contributed by atoms with van der Waals surface area (Å²) in [7, 11) is 1.58. The maximum Gasteiger partial charge on any atom is 0.278 e. The summed E-state index contributed by atoms with van der Waals surface area (Å²) in [6.07, 6.45) is 0. The van der Waals surface area contributed by atoms with Crippen LogP contribution in [0.15, 0.2) is 52.1 Å². The molecule has 0 spiro atoms. The third-order valence-electron chi connectivity index (χ3n) is 4.49. The van der Waals surface area contributed by atoms with Crippen molar-refractivity contribution in [3.05, 3.63) is 68.6 Å². The Hall–Kier alpha value is -4.01. The van der Waals surface area contributed by atoms with E-state index in [1.807, 2.05) is 12.1 Å². The van der Waals surface area contributed by atoms with E-state index in [2.05, 4.69) is 20.6 Å². The average Bonchev–Trinajstić information content (AvgIpc) is 3.07. The molecule has 0 fully saturated rings. The Kier molecular flexibility index (Phi) is 4.55. The lowest BCUT2D eigenvalue weighted by Gasteiger charge is -2.04. The van der Waals surface area contributed by atoms with E-state index in [0.717, 1.165) is 5.56 Å². The molecule has 2 aromatic carbocycles. The Balaban J connectivity index is 1.89. The summed E-state index contributed by atoms with van der Waals surface area (Å²) in [6, 6.07) is 12.0. The lowest BCUT2D eigenvalue weighted by atomic mass is 10.2. The number of amides is 1. The van der Waals surface area contributed by atoms with Crippen molar-refractivity contribution in [2.24, 2.45) is 0 Å². The second-order valence-corrected chi connectivity index (χ2v) is 6.52. The van der Waals surface area contributed by atoms with Crippen molar-refractivity contribution in [3.8, 4) is 5.75 Å². The molecule has 0 aliphatic heterocycles. The van der Waals surface area contributed by atoms with E-state index in [4.69, 9.17) is 4.74 Å². The minimum atomic E-state index is -0.534. The van der Waals surface area contributed by atoms with Crippen molar-refractivity contribution < 1.29 is 9.53 Å². The van der Waals surface area contributed by atoms with Gasteiger partial charge < -0.3 is 15.0 Å². The third-order valence-corrected chi connectivity index (χ3v) is 4.49. The number of nitrogens with zero attached hydrogens (tertiary/aromatic N) is 3. The molecule has 0 saturated carbocycles. The second-order valence-electron chi connectivity index (χ2n) is 6.52. The summed E-state index contributed by atoms with van der Waals surface area (Å²) < 4.78 is 6.56. The minimum absolute atomic E-state index is 0.0409. The number of hydrogen-bond donors (Lipinski definition) is 2. The molecule has 9 nitrogen and oxygen atoms in total. The zero-order valence-corrected chi connectivity index (χ0v) is 15.7. The van der Waals surface area contributed by atoms with Gasteiger partial charge in [-0.2, -0.15) is 0 Å². The molecular formula is C20H17N5O4. The molecule has 0 bridgehead atoms. The van der Waals surface area contributed by atoms with Gasteiger partial charge in [-0.3, -0.25) is 14.4 Å². The van der Waals surface area contributed by atoms with E-state index in [-0.39, 0.29) is 28.9 Å². The number of rotatable bonds is 4. The Morgan fingerprint density at radius 1 is 1.17 bits per heavy atom. The number of hydrogen-bond acceptors (Lipinski definition) is 6. The van der Waals surface area contributed by atoms with Crippen LogP contribution in [0.2, 0.25) is 0 Å². The van der Waals surface area contributed by atoms with Gasteiger partial charge in [-0.05, 0) is 35.9 Å².